The van der Waals surface area contributed by atoms with E-state index in [2.05, 4.69) is 6.58 Å². The predicted molar refractivity (Wildman–Crippen MR) is 107 cm³/mol. The summed E-state index contributed by atoms with van der Waals surface area (Å²) in [4.78, 5) is 25.8. The van der Waals surface area contributed by atoms with Gasteiger partial charge in [0.15, 0.2) is 0 Å². The molecule has 0 aliphatic heterocycles. The Labute approximate surface area is 160 Å². The zero-order valence-corrected chi connectivity index (χ0v) is 15.7. The molecule has 27 heavy (non-hydrogen) atoms. The first-order valence-electron chi connectivity index (χ1n) is 8.94. The van der Waals surface area contributed by atoms with Crippen molar-refractivity contribution in [3.05, 3.63) is 77.9 Å². The van der Waals surface area contributed by atoms with E-state index in [4.69, 9.17) is 10.5 Å². The molecule has 2 amide bonds. The van der Waals surface area contributed by atoms with Crippen LogP contribution in [-0.2, 0) is 11.2 Å². The van der Waals surface area contributed by atoms with E-state index in [1.54, 1.807) is 29.2 Å². The Morgan fingerprint density at radius 2 is 1.81 bits per heavy atom. The van der Waals surface area contributed by atoms with Crippen molar-refractivity contribution in [3.8, 4) is 5.75 Å². The molecule has 5 heteroatoms. The highest BCUT2D eigenvalue weighted by Crippen LogP contribution is 2.16. The van der Waals surface area contributed by atoms with Gasteiger partial charge in [-0.15, -0.1) is 0 Å². The monoisotopic (exact) mass is 366 g/mol. The third kappa shape index (κ3) is 6.98. The molecule has 0 saturated carbocycles. The van der Waals surface area contributed by atoms with Crippen LogP contribution in [0.4, 0.5) is 0 Å². The minimum Gasteiger partial charge on any atom is -0.489 e. The fourth-order valence-corrected chi connectivity index (χ4v) is 2.58. The predicted octanol–water partition coefficient (Wildman–Crippen LogP) is 3.20. The highest BCUT2D eigenvalue weighted by atomic mass is 16.5. The molecule has 142 valence electrons. The van der Waals surface area contributed by atoms with Crippen molar-refractivity contribution < 1.29 is 14.3 Å². The van der Waals surface area contributed by atoms with E-state index in [0.717, 1.165) is 11.1 Å². The first-order valence-corrected chi connectivity index (χ1v) is 8.94. The lowest BCUT2D eigenvalue weighted by Gasteiger charge is -2.22. The van der Waals surface area contributed by atoms with E-state index < -0.39 is 5.91 Å². The van der Waals surface area contributed by atoms with Crippen LogP contribution in [0.25, 0.3) is 0 Å². The van der Waals surface area contributed by atoms with E-state index >= 15 is 0 Å². The van der Waals surface area contributed by atoms with Gasteiger partial charge < -0.3 is 15.4 Å². The van der Waals surface area contributed by atoms with Gasteiger partial charge >= 0.3 is 0 Å². The molecule has 0 unspecified atom stereocenters. The van der Waals surface area contributed by atoms with E-state index in [0.29, 0.717) is 30.9 Å². The lowest BCUT2D eigenvalue weighted by molar-refractivity contribution is -0.118. The van der Waals surface area contributed by atoms with Crippen molar-refractivity contribution in [2.45, 2.75) is 19.8 Å². The Hall–Kier alpha value is -3.08. The van der Waals surface area contributed by atoms with Crippen LogP contribution in [0.5, 0.6) is 5.75 Å². The minimum absolute atomic E-state index is 0.131. The van der Waals surface area contributed by atoms with Crippen molar-refractivity contribution >= 4 is 11.8 Å². The largest absolute Gasteiger partial charge is 0.489 e. The number of benzene rings is 2. The number of hydrogen-bond donors (Lipinski definition) is 1. The minimum atomic E-state index is -0.425. The average Bonchev–Trinajstić information content (AvgIpc) is 2.67. The number of ether oxygens (including phenoxy) is 1. The fraction of sp³-hybridized carbons (Fsp3) is 0.273. The molecule has 2 aromatic rings. The number of rotatable bonds is 10. The Kier molecular flexibility index (Phi) is 7.62. The first kappa shape index (κ1) is 20.2. The third-order valence-corrected chi connectivity index (χ3v) is 3.99. The molecule has 0 bridgehead atoms. The van der Waals surface area contributed by atoms with Gasteiger partial charge in [-0.05, 0) is 42.7 Å². The summed E-state index contributed by atoms with van der Waals surface area (Å²) in [6, 6.07) is 17.0. The smallest absolute Gasteiger partial charge is 0.254 e. The molecule has 0 radical (unpaired) electrons. The number of nitrogens with zero attached hydrogens (tertiary/aromatic N) is 1. The number of nitrogens with two attached hydrogens (primary N) is 1. The van der Waals surface area contributed by atoms with Crippen LogP contribution in [-0.4, -0.2) is 36.4 Å². The topological polar surface area (TPSA) is 72.6 Å². The van der Waals surface area contributed by atoms with Gasteiger partial charge in [-0.3, -0.25) is 9.59 Å². The Balaban J connectivity index is 2.10. The highest BCUT2D eigenvalue weighted by Gasteiger charge is 2.17. The summed E-state index contributed by atoms with van der Waals surface area (Å²) >= 11 is 0. The molecule has 0 aliphatic carbocycles. The molecule has 2 aromatic carbocycles. The number of hydrogen-bond acceptors (Lipinski definition) is 3. The summed E-state index contributed by atoms with van der Waals surface area (Å²) in [5, 5.41) is 0. The van der Waals surface area contributed by atoms with Crippen molar-refractivity contribution in [3.63, 3.8) is 0 Å². The maximum Gasteiger partial charge on any atom is 0.254 e. The van der Waals surface area contributed by atoms with Crippen LogP contribution in [0.3, 0.4) is 0 Å². The van der Waals surface area contributed by atoms with Gasteiger partial charge in [0.05, 0.1) is 0 Å². The van der Waals surface area contributed by atoms with Crippen LogP contribution < -0.4 is 10.5 Å². The molecule has 0 aromatic heterocycles. The Morgan fingerprint density at radius 3 is 2.48 bits per heavy atom. The summed E-state index contributed by atoms with van der Waals surface area (Å²) in [6.07, 6.45) is 0.837. The van der Waals surface area contributed by atoms with Gasteiger partial charge in [0, 0.05) is 25.1 Å². The number of primary amides is 1. The standard InChI is InChI=1S/C22H26N2O3/c1-17(2)16-27-20-10-6-9-19(15-20)22(26)24(14-12-21(23)25)13-11-18-7-4-3-5-8-18/h3-10,15H,1,11-14,16H2,2H3,(H2,23,25). The molecular weight excluding hydrogens is 340 g/mol. The van der Waals surface area contributed by atoms with Gasteiger partial charge in [-0.25, -0.2) is 0 Å². The van der Waals surface area contributed by atoms with Crippen molar-refractivity contribution in [1.29, 1.82) is 0 Å². The zero-order chi connectivity index (χ0) is 19.6. The molecule has 0 spiro atoms. The molecule has 0 heterocycles. The van der Waals surface area contributed by atoms with Gasteiger partial charge in [0.1, 0.15) is 12.4 Å². The van der Waals surface area contributed by atoms with Crippen LogP contribution in [0.15, 0.2) is 66.7 Å². The number of carbonyl (C=O) groups excluding carboxylic acids is 2. The molecule has 0 saturated heterocycles. The summed E-state index contributed by atoms with van der Waals surface area (Å²) in [5.74, 6) is 0.0424. The number of carbonyl (C=O) groups is 2. The summed E-state index contributed by atoms with van der Waals surface area (Å²) in [6.45, 7) is 6.88. The Bertz CT molecular complexity index is 787. The number of amides is 2. The van der Waals surface area contributed by atoms with Crippen LogP contribution in [0.2, 0.25) is 0 Å². The Morgan fingerprint density at radius 1 is 1.07 bits per heavy atom. The third-order valence-electron chi connectivity index (χ3n) is 3.99. The fourth-order valence-electron chi connectivity index (χ4n) is 2.58. The van der Waals surface area contributed by atoms with Gasteiger partial charge in [-0.2, -0.15) is 0 Å². The molecule has 5 nitrogen and oxygen atoms in total. The first-order chi connectivity index (χ1) is 13.0. The molecule has 0 fully saturated rings. The normalized spacial score (nSPS) is 10.3. The van der Waals surface area contributed by atoms with E-state index in [9.17, 15) is 9.59 Å². The zero-order valence-electron chi connectivity index (χ0n) is 15.7. The second-order valence-electron chi connectivity index (χ2n) is 6.52. The van der Waals surface area contributed by atoms with Gasteiger partial charge in [0.25, 0.3) is 5.91 Å². The van der Waals surface area contributed by atoms with E-state index in [1.807, 2.05) is 37.3 Å². The van der Waals surface area contributed by atoms with E-state index in [1.165, 1.54) is 0 Å². The SMILES string of the molecule is C=C(C)COc1cccc(C(=O)N(CCC(N)=O)CCc2ccccc2)c1. The van der Waals surface area contributed by atoms with Crippen molar-refractivity contribution in [2.75, 3.05) is 19.7 Å². The molecular formula is C22H26N2O3. The van der Waals surface area contributed by atoms with Crippen LogP contribution in [0, 0.1) is 0 Å². The second kappa shape index (κ2) is 10.2. The molecule has 0 aliphatic rings. The lowest BCUT2D eigenvalue weighted by atomic mass is 10.1. The van der Waals surface area contributed by atoms with Crippen molar-refractivity contribution in [2.24, 2.45) is 5.73 Å². The quantitative estimate of drug-likeness (QED) is 0.656. The van der Waals surface area contributed by atoms with Gasteiger partial charge in [-0.1, -0.05) is 43.0 Å². The molecule has 2 N–H and O–H groups in total. The lowest BCUT2D eigenvalue weighted by Crippen LogP contribution is -2.35. The molecule has 2 rings (SSSR count). The average molecular weight is 366 g/mol. The summed E-state index contributed by atoms with van der Waals surface area (Å²) < 4.78 is 5.62. The van der Waals surface area contributed by atoms with E-state index in [-0.39, 0.29) is 18.9 Å². The molecule has 0 atom stereocenters. The van der Waals surface area contributed by atoms with Crippen LogP contribution in [0.1, 0.15) is 29.3 Å². The van der Waals surface area contributed by atoms with Crippen LogP contribution >= 0.6 is 0 Å². The maximum absolute atomic E-state index is 13.0. The van der Waals surface area contributed by atoms with Gasteiger partial charge in [0.2, 0.25) is 5.91 Å². The summed E-state index contributed by atoms with van der Waals surface area (Å²) in [5.41, 5.74) is 7.83. The maximum atomic E-state index is 13.0. The second-order valence-corrected chi connectivity index (χ2v) is 6.52. The summed E-state index contributed by atoms with van der Waals surface area (Å²) in [7, 11) is 0. The van der Waals surface area contributed by atoms with Crippen molar-refractivity contribution in [1.82, 2.24) is 4.90 Å². The highest BCUT2D eigenvalue weighted by molar-refractivity contribution is 5.94.